The largest absolute Gasteiger partial charge is 0.497 e. The summed E-state index contributed by atoms with van der Waals surface area (Å²) in [5, 5.41) is 5.67. The maximum absolute atomic E-state index is 12.8. The Hall–Kier alpha value is -3.29. The summed E-state index contributed by atoms with van der Waals surface area (Å²) in [4.78, 5) is 29.6. The van der Waals surface area contributed by atoms with Crippen LogP contribution in [0.3, 0.4) is 0 Å². The van der Waals surface area contributed by atoms with Crippen LogP contribution in [0.1, 0.15) is 36.7 Å². The normalized spacial score (nSPS) is 11.5. The van der Waals surface area contributed by atoms with Crippen molar-refractivity contribution in [2.75, 3.05) is 20.8 Å². The van der Waals surface area contributed by atoms with Gasteiger partial charge in [0.15, 0.2) is 0 Å². The third-order valence-electron chi connectivity index (χ3n) is 4.41. The average molecular weight is 415 g/mol. The minimum atomic E-state index is -0.706. The number of hydrogen-bond acceptors (Lipinski definition) is 6. The van der Waals surface area contributed by atoms with Crippen LogP contribution < -0.4 is 24.8 Å². The molecule has 1 unspecified atom stereocenters. The monoisotopic (exact) mass is 415 g/mol. The zero-order chi connectivity index (χ0) is 22.1. The molecule has 0 saturated carbocycles. The minimum absolute atomic E-state index is 0.113. The molecule has 0 fully saturated rings. The predicted octanol–water partition coefficient (Wildman–Crippen LogP) is 2.57. The first-order chi connectivity index (χ1) is 14.4. The Kier molecular flexibility index (Phi) is 8.46. The third-order valence-corrected chi connectivity index (χ3v) is 4.41. The highest BCUT2D eigenvalue weighted by Gasteiger charge is 2.25. The zero-order valence-corrected chi connectivity index (χ0v) is 18.0. The van der Waals surface area contributed by atoms with E-state index in [9.17, 15) is 9.59 Å². The van der Waals surface area contributed by atoms with Gasteiger partial charge >= 0.3 is 0 Å². The van der Waals surface area contributed by atoms with Crippen molar-refractivity contribution in [1.29, 1.82) is 0 Å². The Morgan fingerprint density at radius 1 is 1.07 bits per heavy atom. The topological polar surface area (TPSA) is 98.8 Å². The smallest absolute Gasteiger partial charge is 0.252 e. The first kappa shape index (κ1) is 23.0. The number of nitrogens with zero attached hydrogens (tertiary/aromatic N) is 1. The van der Waals surface area contributed by atoms with E-state index in [1.54, 1.807) is 36.5 Å². The number of aromatic nitrogens is 1. The zero-order valence-electron chi connectivity index (χ0n) is 18.0. The van der Waals surface area contributed by atoms with Crippen LogP contribution in [0.2, 0.25) is 0 Å². The molecule has 1 atom stereocenters. The van der Waals surface area contributed by atoms with Crippen molar-refractivity contribution in [1.82, 2.24) is 15.6 Å². The SMILES string of the molecule is CCOc1cc(CNC(=O)C(NC(=O)c2cc(OC)cc(OC)c2)C(C)C)ccn1. The van der Waals surface area contributed by atoms with E-state index in [1.165, 1.54) is 14.2 Å². The van der Waals surface area contributed by atoms with Crippen molar-refractivity contribution in [3.05, 3.63) is 47.7 Å². The molecule has 1 aromatic heterocycles. The van der Waals surface area contributed by atoms with E-state index in [-0.39, 0.29) is 17.7 Å². The molecule has 2 rings (SSSR count). The number of rotatable bonds is 10. The second-order valence-corrected chi connectivity index (χ2v) is 6.95. The lowest BCUT2D eigenvalue weighted by atomic mass is 10.0. The van der Waals surface area contributed by atoms with Crippen LogP contribution in [-0.2, 0) is 11.3 Å². The molecule has 0 radical (unpaired) electrons. The molecule has 30 heavy (non-hydrogen) atoms. The fourth-order valence-electron chi connectivity index (χ4n) is 2.78. The molecule has 2 N–H and O–H groups in total. The maximum Gasteiger partial charge on any atom is 0.252 e. The number of amides is 2. The van der Waals surface area contributed by atoms with Crippen LogP contribution >= 0.6 is 0 Å². The summed E-state index contributed by atoms with van der Waals surface area (Å²) in [5.74, 6) is 0.718. The van der Waals surface area contributed by atoms with E-state index in [1.807, 2.05) is 20.8 Å². The van der Waals surface area contributed by atoms with Gasteiger partial charge in [0.2, 0.25) is 11.8 Å². The van der Waals surface area contributed by atoms with Crippen LogP contribution in [0.4, 0.5) is 0 Å². The lowest BCUT2D eigenvalue weighted by molar-refractivity contribution is -0.124. The van der Waals surface area contributed by atoms with E-state index in [0.29, 0.717) is 36.1 Å². The molecule has 0 aliphatic rings. The van der Waals surface area contributed by atoms with Gasteiger partial charge in [-0.05, 0) is 36.6 Å². The van der Waals surface area contributed by atoms with Crippen LogP contribution in [0.5, 0.6) is 17.4 Å². The summed E-state index contributed by atoms with van der Waals surface area (Å²) in [6.07, 6.45) is 1.63. The molecule has 8 heteroatoms. The van der Waals surface area contributed by atoms with Gasteiger partial charge in [-0.3, -0.25) is 9.59 Å². The first-order valence-electron chi connectivity index (χ1n) is 9.77. The average Bonchev–Trinajstić information content (AvgIpc) is 2.75. The summed E-state index contributed by atoms with van der Waals surface area (Å²) in [6, 6.07) is 7.74. The summed E-state index contributed by atoms with van der Waals surface area (Å²) in [7, 11) is 3.02. The van der Waals surface area contributed by atoms with Gasteiger partial charge in [0.05, 0.1) is 20.8 Å². The second kappa shape index (κ2) is 11.0. The van der Waals surface area contributed by atoms with Crippen molar-refractivity contribution in [2.24, 2.45) is 5.92 Å². The molecule has 2 aromatic rings. The van der Waals surface area contributed by atoms with Gasteiger partial charge in [-0.1, -0.05) is 13.8 Å². The van der Waals surface area contributed by atoms with Crippen LogP contribution in [0.15, 0.2) is 36.5 Å². The van der Waals surface area contributed by atoms with Gasteiger partial charge in [-0.25, -0.2) is 4.98 Å². The van der Waals surface area contributed by atoms with E-state index in [2.05, 4.69) is 15.6 Å². The van der Waals surface area contributed by atoms with E-state index in [0.717, 1.165) is 5.56 Å². The molecule has 0 spiro atoms. The number of ether oxygens (including phenoxy) is 3. The third kappa shape index (κ3) is 6.37. The molecule has 8 nitrogen and oxygen atoms in total. The van der Waals surface area contributed by atoms with Crippen molar-refractivity contribution in [3.8, 4) is 17.4 Å². The molecule has 0 aliphatic carbocycles. The number of methoxy groups -OCH3 is 2. The molecule has 0 aliphatic heterocycles. The Morgan fingerprint density at radius 2 is 1.73 bits per heavy atom. The molecular formula is C22H29N3O5. The van der Waals surface area contributed by atoms with Crippen molar-refractivity contribution >= 4 is 11.8 Å². The van der Waals surface area contributed by atoms with Crippen LogP contribution in [0.25, 0.3) is 0 Å². The van der Waals surface area contributed by atoms with Crippen molar-refractivity contribution in [2.45, 2.75) is 33.4 Å². The Labute approximate surface area is 176 Å². The van der Waals surface area contributed by atoms with Crippen LogP contribution in [0, 0.1) is 5.92 Å². The second-order valence-electron chi connectivity index (χ2n) is 6.95. The quantitative estimate of drug-likeness (QED) is 0.619. The predicted molar refractivity (Wildman–Crippen MR) is 113 cm³/mol. The number of carbonyl (C=O) groups is 2. The molecule has 162 valence electrons. The number of nitrogens with one attached hydrogen (secondary N) is 2. The Bertz CT molecular complexity index is 847. The number of hydrogen-bond donors (Lipinski definition) is 2. The number of carbonyl (C=O) groups excluding carboxylic acids is 2. The fourth-order valence-corrected chi connectivity index (χ4v) is 2.78. The van der Waals surface area contributed by atoms with Gasteiger partial charge in [-0.15, -0.1) is 0 Å². The summed E-state index contributed by atoms with van der Waals surface area (Å²) < 4.78 is 15.8. The standard InChI is InChI=1S/C22H29N3O5/c1-6-30-19-9-15(7-8-23-19)13-24-22(27)20(14(2)3)25-21(26)16-10-17(28-4)12-18(11-16)29-5/h7-12,14,20H,6,13H2,1-5H3,(H,24,27)(H,25,26). The lowest BCUT2D eigenvalue weighted by Gasteiger charge is -2.22. The molecule has 0 saturated heterocycles. The fraction of sp³-hybridized carbons (Fsp3) is 0.409. The van der Waals surface area contributed by atoms with Crippen molar-refractivity contribution < 1.29 is 23.8 Å². The van der Waals surface area contributed by atoms with Gasteiger partial charge in [0, 0.05) is 30.4 Å². The van der Waals surface area contributed by atoms with Gasteiger partial charge in [-0.2, -0.15) is 0 Å². The van der Waals surface area contributed by atoms with E-state index < -0.39 is 6.04 Å². The highest BCUT2D eigenvalue weighted by molar-refractivity contribution is 5.98. The molecule has 0 bridgehead atoms. The van der Waals surface area contributed by atoms with Gasteiger partial charge < -0.3 is 24.8 Å². The highest BCUT2D eigenvalue weighted by atomic mass is 16.5. The maximum atomic E-state index is 12.8. The van der Waals surface area contributed by atoms with E-state index in [4.69, 9.17) is 14.2 Å². The summed E-state index contributed by atoms with van der Waals surface area (Å²) in [6.45, 7) is 6.43. The Morgan fingerprint density at radius 3 is 2.30 bits per heavy atom. The highest BCUT2D eigenvalue weighted by Crippen LogP contribution is 2.22. The number of benzene rings is 1. The van der Waals surface area contributed by atoms with Gasteiger partial charge in [0.25, 0.3) is 5.91 Å². The lowest BCUT2D eigenvalue weighted by Crippen LogP contribution is -2.49. The summed E-state index contributed by atoms with van der Waals surface area (Å²) in [5.41, 5.74) is 1.20. The molecule has 1 heterocycles. The molecular weight excluding hydrogens is 386 g/mol. The molecule has 2 amide bonds. The van der Waals surface area contributed by atoms with E-state index >= 15 is 0 Å². The molecule has 1 aromatic carbocycles. The summed E-state index contributed by atoms with van der Waals surface area (Å²) >= 11 is 0. The van der Waals surface area contributed by atoms with Gasteiger partial charge in [0.1, 0.15) is 17.5 Å². The first-order valence-corrected chi connectivity index (χ1v) is 9.77. The van der Waals surface area contributed by atoms with Crippen LogP contribution in [-0.4, -0.2) is 43.7 Å². The Balaban J connectivity index is 2.07. The van der Waals surface area contributed by atoms with Crippen molar-refractivity contribution in [3.63, 3.8) is 0 Å². The number of pyridine rings is 1. The minimum Gasteiger partial charge on any atom is -0.497 e.